The number of benzene rings is 1. The van der Waals surface area contributed by atoms with Crippen LogP contribution in [0.15, 0.2) is 18.2 Å². The molecule has 0 saturated heterocycles. The Labute approximate surface area is 107 Å². The third kappa shape index (κ3) is 1.95. The van der Waals surface area contributed by atoms with E-state index in [4.69, 9.17) is 0 Å². The van der Waals surface area contributed by atoms with Crippen LogP contribution in [0, 0.1) is 29.4 Å². The van der Waals surface area contributed by atoms with Gasteiger partial charge in [-0.05, 0) is 54.8 Å². The summed E-state index contributed by atoms with van der Waals surface area (Å²) in [5.41, 5.74) is 0.898. The molecule has 2 saturated carbocycles. The molecule has 1 nitrogen and oxygen atoms in total. The molecule has 1 N–H and O–H groups in total. The Bertz CT molecular complexity index is 436. The first-order valence-corrected chi connectivity index (χ1v) is 6.90. The third-order valence-electron chi connectivity index (χ3n) is 4.58. The summed E-state index contributed by atoms with van der Waals surface area (Å²) in [5.74, 6) is 0.749. The minimum Gasteiger partial charge on any atom is -0.310 e. The van der Waals surface area contributed by atoms with Gasteiger partial charge in [-0.2, -0.15) is 0 Å². The molecule has 3 atom stereocenters. The van der Waals surface area contributed by atoms with Crippen LogP contribution in [-0.2, 0) is 0 Å². The van der Waals surface area contributed by atoms with Crippen LogP contribution in [0.3, 0.4) is 0 Å². The quantitative estimate of drug-likeness (QED) is 0.861. The van der Waals surface area contributed by atoms with Crippen molar-refractivity contribution in [2.24, 2.45) is 17.8 Å². The first-order chi connectivity index (χ1) is 8.72. The molecule has 3 unspecified atom stereocenters. The lowest BCUT2D eigenvalue weighted by molar-refractivity contribution is 0.421. The molecule has 0 bridgehead atoms. The van der Waals surface area contributed by atoms with Crippen molar-refractivity contribution < 1.29 is 8.78 Å². The van der Waals surface area contributed by atoms with E-state index < -0.39 is 11.6 Å². The van der Waals surface area contributed by atoms with Gasteiger partial charge in [-0.3, -0.25) is 0 Å². The second-order valence-corrected chi connectivity index (χ2v) is 5.54. The van der Waals surface area contributed by atoms with Crippen molar-refractivity contribution in [3.63, 3.8) is 0 Å². The summed E-state index contributed by atoms with van der Waals surface area (Å²) < 4.78 is 26.4. The summed E-state index contributed by atoms with van der Waals surface area (Å²) in [5, 5.41) is 3.45. The van der Waals surface area contributed by atoms with E-state index in [1.807, 2.05) is 0 Å². The molecule has 1 aromatic rings. The molecule has 0 heterocycles. The topological polar surface area (TPSA) is 12.0 Å². The highest BCUT2D eigenvalue weighted by Crippen LogP contribution is 2.62. The molecule has 0 radical (unpaired) electrons. The summed E-state index contributed by atoms with van der Waals surface area (Å²) in [6.07, 6.45) is 3.95. The minimum atomic E-state index is -0.759. The average Bonchev–Trinajstić information content (AvgIpc) is 2.82. The average molecular weight is 251 g/mol. The Morgan fingerprint density at radius 1 is 1.22 bits per heavy atom. The standard InChI is InChI=1S/C15H19F2N/c1-2-18-15(14-10-4-3-5-11(10)14)9-6-7-12(16)13(17)8-9/h6-8,10-11,14-15,18H,2-5H2,1H3. The summed E-state index contributed by atoms with van der Waals surface area (Å²) in [4.78, 5) is 0. The van der Waals surface area contributed by atoms with Gasteiger partial charge in [0.2, 0.25) is 0 Å². The first-order valence-electron chi connectivity index (χ1n) is 6.90. The number of nitrogens with one attached hydrogen (secondary N) is 1. The van der Waals surface area contributed by atoms with Gasteiger partial charge in [-0.1, -0.05) is 19.4 Å². The molecule has 18 heavy (non-hydrogen) atoms. The van der Waals surface area contributed by atoms with E-state index in [-0.39, 0.29) is 6.04 Å². The van der Waals surface area contributed by atoms with E-state index in [1.54, 1.807) is 6.07 Å². The largest absolute Gasteiger partial charge is 0.310 e. The van der Waals surface area contributed by atoms with E-state index in [1.165, 1.54) is 31.4 Å². The number of fused-ring (bicyclic) bond motifs is 1. The maximum atomic E-state index is 13.4. The van der Waals surface area contributed by atoms with Gasteiger partial charge in [0.1, 0.15) is 0 Å². The van der Waals surface area contributed by atoms with Crippen molar-refractivity contribution >= 4 is 0 Å². The van der Waals surface area contributed by atoms with E-state index in [2.05, 4.69) is 12.2 Å². The molecule has 0 aromatic heterocycles. The lowest BCUT2D eigenvalue weighted by Gasteiger charge is -2.20. The predicted octanol–water partition coefficient (Wildman–Crippen LogP) is 3.66. The third-order valence-corrected chi connectivity index (χ3v) is 4.58. The Hall–Kier alpha value is -0.960. The van der Waals surface area contributed by atoms with Crippen molar-refractivity contribution in [3.8, 4) is 0 Å². The van der Waals surface area contributed by atoms with Crippen LogP contribution in [0.4, 0.5) is 8.78 Å². The van der Waals surface area contributed by atoms with Crippen LogP contribution >= 0.6 is 0 Å². The zero-order valence-corrected chi connectivity index (χ0v) is 10.6. The summed E-state index contributed by atoms with van der Waals surface area (Å²) in [6, 6.07) is 4.52. The second kappa shape index (κ2) is 4.61. The molecule has 98 valence electrons. The fourth-order valence-electron chi connectivity index (χ4n) is 3.77. The van der Waals surface area contributed by atoms with Crippen LogP contribution in [-0.4, -0.2) is 6.54 Å². The first kappa shape index (κ1) is 12.1. The summed E-state index contributed by atoms with van der Waals surface area (Å²) in [7, 11) is 0. The van der Waals surface area contributed by atoms with Crippen molar-refractivity contribution in [1.82, 2.24) is 5.32 Å². The fourth-order valence-corrected chi connectivity index (χ4v) is 3.77. The van der Waals surface area contributed by atoms with E-state index in [9.17, 15) is 8.78 Å². The molecule has 2 aliphatic rings. The SMILES string of the molecule is CCNC(c1ccc(F)c(F)c1)C1C2CCCC21. The number of halogens is 2. The Balaban J connectivity index is 1.83. The van der Waals surface area contributed by atoms with Crippen molar-refractivity contribution in [2.75, 3.05) is 6.54 Å². The lowest BCUT2D eigenvalue weighted by Crippen LogP contribution is -2.24. The highest BCUT2D eigenvalue weighted by molar-refractivity contribution is 5.25. The van der Waals surface area contributed by atoms with Gasteiger partial charge in [-0.15, -0.1) is 0 Å². The molecule has 3 rings (SSSR count). The fraction of sp³-hybridized carbons (Fsp3) is 0.600. The van der Waals surface area contributed by atoms with E-state index in [0.717, 1.165) is 23.9 Å². The molecular weight excluding hydrogens is 232 g/mol. The van der Waals surface area contributed by atoms with Gasteiger partial charge >= 0.3 is 0 Å². The zero-order valence-electron chi connectivity index (χ0n) is 10.6. The Kier molecular flexibility index (Phi) is 3.10. The van der Waals surface area contributed by atoms with Gasteiger partial charge in [0.05, 0.1) is 0 Å². The smallest absolute Gasteiger partial charge is 0.159 e. The zero-order chi connectivity index (χ0) is 12.7. The van der Waals surface area contributed by atoms with E-state index >= 15 is 0 Å². The monoisotopic (exact) mass is 251 g/mol. The summed E-state index contributed by atoms with van der Waals surface area (Å²) >= 11 is 0. The lowest BCUT2D eigenvalue weighted by atomic mass is 9.96. The van der Waals surface area contributed by atoms with Crippen LogP contribution in [0.2, 0.25) is 0 Å². The molecule has 0 aliphatic heterocycles. The Morgan fingerprint density at radius 3 is 2.56 bits per heavy atom. The van der Waals surface area contributed by atoms with Gasteiger partial charge in [-0.25, -0.2) is 8.78 Å². The van der Waals surface area contributed by atoms with E-state index in [0.29, 0.717) is 5.92 Å². The number of hydrogen-bond donors (Lipinski definition) is 1. The van der Waals surface area contributed by atoms with Crippen LogP contribution in [0.1, 0.15) is 37.8 Å². The van der Waals surface area contributed by atoms with Gasteiger partial charge in [0, 0.05) is 6.04 Å². The molecule has 0 spiro atoms. The van der Waals surface area contributed by atoms with Crippen LogP contribution in [0.5, 0.6) is 0 Å². The Morgan fingerprint density at radius 2 is 1.94 bits per heavy atom. The predicted molar refractivity (Wildman–Crippen MR) is 67.1 cm³/mol. The van der Waals surface area contributed by atoms with Crippen molar-refractivity contribution in [2.45, 2.75) is 32.2 Å². The molecule has 2 aliphatic carbocycles. The van der Waals surface area contributed by atoms with Gasteiger partial charge in [0.15, 0.2) is 11.6 Å². The number of hydrogen-bond acceptors (Lipinski definition) is 1. The number of rotatable bonds is 4. The minimum absolute atomic E-state index is 0.195. The molecule has 2 fully saturated rings. The molecular formula is C15H19F2N. The van der Waals surface area contributed by atoms with Crippen LogP contribution < -0.4 is 5.32 Å². The normalized spacial score (nSPS) is 31.2. The van der Waals surface area contributed by atoms with Crippen LogP contribution in [0.25, 0.3) is 0 Å². The molecule has 1 aromatic carbocycles. The van der Waals surface area contributed by atoms with Gasteiger partial charge < -0.3 is 5.32 Å². The summed E-state index contributed by atoms with van der Waals surface area (Å²) in [6.45, 7) is 2.92. The van der Waals surface area contributed by atoms with Crippen molar-refractivity contribution in [1.29, 1.82) is 0 Å². The second-order valence-electron chi connectivity index (χ2n) is 5.54. The maximum Gasteiger partial charge on any atom is 0.159 e. The van der Waals surface area contributed by atoms with Crippen molar-refractivity contribution in [3.05, 3.63) is 35.4 Å². The molecule has 0 amide bonds. The van der Waals surface area contributed by atoms with Gasteiger partial charge in [0.25, 0.3) is 0 Å². The molecule has 3 heteroatoms. The highest BCUT2D eigenvalue weighted by atomic mass is 19.2. The maximum absolute atomic E-state index is 13.4. The highest BCUT2D eigenvalue weighted by Gasteiger charge is 2.55.